The molecule has 2 N–H and O–H groups in total. The van der Waals surface area contributed by atoms with E-state index in [0.717, 1.165) is 16.9 Å². The minimum Gasteiger partial charge on any atom is -0.497 e. The van der Waals surface area contributed by atoms with E-state index in [2.05, 4.69) is 6.58 Å². The van der Waals surface area contributed by atoms with Crippen LogP contribution in [0.4, 0.5) is 0 Å². The van der Waals surface area contributed by atoms with Crippen molar-refractivity contribution < 1.29 is 4.74 Å². The SMILES string of the molecule is C=C(C)C(N)c1cccc(OC)c1. The molecule has 13 heavy (non-hydrogen) atoms. The Labute approximate surface area is 79.0 Å². The molecule has 0 aliphatic rings. The Morgan fingerprint density at radius 2 is 2.23 bits per heavy atom. The van der Waals surface area contributed by atoms with Crippen LogP contribution in [0.5, 0.6) is 5.75 Å². The van der Waals surface area contributed by atoms with Crippen molar-refractivity contribution in [1.29, 1.82) is 0 Å². The van der Waals surface area contributed by atoms with Crippen LogP contribution in [0.15, 0.2) is 36.4 Å². The van der Waals surface area contributed by atoms with Crippen LogP contribution < -0.4 is 10.5 Å². The highest BCUT2D eigenvalue weighted by atomic mass is 16.5. The molecule has 1 aromatic rings. The molecule has 1 rings (SSSR count). The molecule has 2 nitrogen and oxygen atoms in total. The van der Waals surface area contributed by atoms with Gasteiger partial charge in [-0.1, -0.05) is 24.3 Å². The van der Waals surface area contributed by atoms with Crippen LogP contribution in [0.1, 0.15) is 18.5 Å². The van der Waals surface area contributed by atoms with E-state index in [1.807, 2.05) is 31.2 Å². The first-order valence-electron chi connectivity index (χ1n) is 4.20. The summed E-state index contributed by atoms with van der Waals surface area (Å²) >= 11 is 0. The average molecular weight is 177 g/mol. The normalized spacial score (nSPS) is 12.2. The Hall–Kier alpha value is -1.28. The third-order valence-electron chi connectivity index (χ3n) is 1.98. The van der Waals surface area contributed by atoms with Crippen LogP contribution >= 0.6 is 0 Å². The van der Waals surface area contributed by atoms with E-state index in [-0.39, 0.29) is 6.04 Å². The number of nitrogens with two attached hydrogens (primary N) is 1. The van der Waals surface area contributed by atoms with Crippen molar-refractivity contribution in [3.8, 4) is 5.75 Å². The van der Waals surface area contributed by atoms with Gasteiger partial charge in [-0.05, 0) is 24.6 Å². The number of rotatable bonds is 3. The zero-order chi connectivity index (χ0) is 9.84. The number of hydrogen-bond donors (Lipinski definition) is 1. The summed E-state index contributed by atoms with van der Waals surface area (Å²) in [6, 6.07) is 7.63. The summed E-state index contributed by atoms with van der Waals surface area (Å²) < 4.78 is 5.10. The molecule has 1 atom stereocenters. The Kier molecular flexibility index (Phi) is 3.09. The first-order valence-corrected chi connectivity index (χ1v) is 4.20. The lowest BCUT2D eigenvalue weighted by molar-refractivity contribution is 0.414. The smallest absolute Gasteiger partial charge is 0.119 e. The number of methoxy groups -OCH3 is 1. The van der Waals surface area contributed by atoms with E-state index < -0.39 is 0 Å². The van der Waals surface area contributed by atoms with Crippen LogP contribution in [0.2, 0.25) is 0 Å². The van der Waals surface area contributed by atoms with Gasteiger partial charge in [-0.2, -0.15) is 0 Å². The minimum absolute atomic E-state index is 0.102. The van der Waals surface area contributed by atoms with Crippen molar-refractivity contribution >= 4 is 0 Å². The fraction of sp³-hybridized carbons (Fsp3) is 0.273. The molecule has 0 saturated heterocycles. The molecule has 1 aromatic carbocycles. The van der Waals surface area contributed by atoms with Gasteiger partial charge in [-0.3, -0.25) is 0 Å². The van der Waals surface area contributed by atoms with Crippen molar-refractivity contribution in [3.63, 3.8) is 0 Å². The van der Waals surface area contributed by atoms with E-state index in [0.29, 0.717) is 0 Å². The Bertz CT molecular complexity index is 307. The second-order valence-corrected chi connectivity index (χ2v) is 3.10. The molecular weight excluding hydrogens is 162 g/mol. The predicted molar refractivity (Wildman–Crippen MR) is 54.7 cm³/mol. The molecule has 0 aromatic heterocycles. The second-order valence-electron chi connectivity index (χ2n) is 3.10. The monoisotopic (exact) mass is 177 g/mol. The van der Waals surface area contributed by atoms with Gasteiger partial charge < -0.3 is 10.5 Å². The van der Waals surface area contributed by atoms with Gasteiger partial charge in [0.2, 0.25) is 0 Å². The van der Waals surface area contributed by atoms with Crippen molar-refractivity contribution in [2.75, 3.05) is 7.11 Å². The summed E-state index contributed by atoms with van der Waals surface area (Å²) in [5.74, 6) is 0.828. The van der Waals surface area contributed by atoms with Gasteiger partial charge in [0.15, 0.2) is 0 Å². The van der Waals surface area contributed by atoms with Gasteiger partial charge in [0, 0.05) is 0 Å². The summed E-state index contributed by atoms with van der Waals surface area (Å²) in [5.41, 5.74) is 7.89. The van der Waals surface area contributed by atoms with Crippen LogP contribution in [0, 0.1) is 0 Å². The Morgan fingerprint density at radius 3 is 2.77 bits per heavy atom. The van der Waals surface area contributed by atoms with Gasteiger partial charge in [0.25, 0.3) is 0 Å². The van der Waals surface area contributed by atoms with Gasteiger partial charge in [-0.25, -0.2) is 0 Å². The maximum absolute atomic E-state index is 5.91. The van der Waals surface area contributed by atoms with Crippen LogP contribution in [0.3, 0.4) is 0 Å². The molecule has 2 heteroatoms. The fourth-order valence-electron chi connectivity index (χ4n) is 1.12. The highest BCUT2D eigenvalue weighted by Gasteiger charge is 2.06. The lowest BCUT2D eigenvalue weighted by Gasteiger charge is -2.12. The van der Waals surface area contributed by atoms with Gasteiger partial charge in [-0.15, -0.1) is 0 Å². The molecule has 1 unspecified atom stereocenters. The predicted octanol–water partition coefficient (Wildman–Crippen LogP) is 2.27. The van der Waals surface area contributed by atoms with Crippen molar-refractivity contribution in [2.24, 2.45) is 5.73 Å². The highest BCUT2D eigenvalue weighted by Crippen LogP contribution is 2.21. The standard InChI is InChI=1S/C11H15NO/c1-8(2)11(12)9-5-4-6-10(7-9)13-3/h4-7,11H,1,12H2,2-3H3. The third kappa shape index (κ3) is 2.33. The maximum Gasteiger partial charge on any atom is 0.119 e. The van der Waals surface area contributed by atoms with E-state index in [4.69, 9.17) is 10.5 Å². The largest absolute Gasteiger partial charge is 0.497 e. The first-order chi connectivity index (χ1) is 6.15. The van der Waals surface area contributed by atoms with Crippen LogP contribution in [0.25, 0.3) is 0 Å². The molecular formula is C11H15NO. The van der Waals surface area contributed by atoms with Crippen LogP contribution in [-0.4, -0.2) is 7.11 Å². The van der Waals surface area contributed by atoms with Gasteiger partial charge >= 0.3 is 0 Å². The summed E-state index contributed by atoms with van der Waals surface area (Å²) in [4.78, 5) is 0. The molecule has 0 heterocycles. The number of benzene rings is 1. The van der Waals surface area contributed by atoms with E-state index in [1.54, 1.807) is 7.11 Å². The van der Waals surface area contributed by atoms with Crippen molar-refractivity contribution in [1.82, 2.24) is 0 Å². The maximum atomic E-state index is 5.91. The molecule has 0 fully saturated rings. The molecule has 0 bridgehead atoms. The molecule has 0 saturated carbocycles. The summed E-state index contributed by atoms with van der Waals surface area (Å²) in [6.45, 7) is 5.74. The quantitative estimate of drug-likeness (QED) is 0.719. The number of hydrogen-bond acceptors (Lipinski definition) is 2. The topological polar surface area (TPSA) is 35.2 Å². The first kappa shape index (κ1) is 9.81. The lowest BCUT2D eigenvalue weighted by Crippen LogP contribution is -2.10. The van der Waals surface area contributed by atoms with E-state index in [9.17, 15) is 0 Å². The third-order valence-corrected chi connectivity index (χ3v) is 1.98. The van der Waals surface area contributed by atoms with E-state index in [1.165, 1.54) is 0 Å². The average Bonchev–Trinajstić information content (AvgIpc) is 2.16. The van der Waals surface area contributed by atoms with E-state index >= 15 is 0 Å². The minimum atomic E-state index is -0.102. The molecule has 0 spiro atoms. The Morgan fingerprint density at radius 1 is 1.54 bits per heavy atom. The van der Waals surface area contributed by atoms with Gasteiger partial charge in [0.05, 0.1) is 13.2 Å². The molecule has 0 amide bonds. The lowest BCUT2D eigenvalue weighted by atomic mass is 10.0. The summed E-state index contributed by atoms with van der Waals surface area (Å²) in [7, 11) is 1.64. The molecule has 0 aliphatic heterocycles. The molecule has 0 radical (unpaired) electrons. The Balaban J connectivity index is 2.94. The zero-order valence-corrected chi connectivity index (χ0v) is 8.08. The fourth-order valence-corrected chi connectivity index (χ4v) is 1.12. The molecule has 0 aliphatic carbocycles. The van der Waals surface area contributed by atoms with Crippen molar-refractivity contribution in [2.45, 2.75) is 13.0 Å². The zero-order valence-electron chi connectivity index (χ0n) is 8.08. The second kappa shape index (κ2) is 4.10. The van der Waals surface area contributed by atoms with Gasteiger partial charge in [0.1, 0.15) is 5.75 Å². The molecule has 70 valence electrons. The highest BCUT2D eigenvalue weighted by molar-refractivity contribution is 5.33. The van der Waals surface area contributed by atoms with Crippen molar-refractivity contribution in [3.05, 3.63) is 42.0 Å². The summed E-state index contributed by atoms with van der Waals surface area (Å²) in [5, 5.41) is 0. The summed E-state index contributed by atoms with van der Waals surface area (Å²) in [6.07, 6.45) is 0. The number of ether oxygens (including phenoxy) is 1. The van der Waals surface area contributed by atoms with Crippen LogP contribution in [-0.2, 0) is 0 Å².